The fourth-order valence-corrected chi connectivity index (χ4v) is 3.11. The van der Waals surface area contributed by atoms with Crippen molar-refractivity contribution in [1.82, 2.24) is 5.32 Å². The van der Waals surface area contributed by atoms with Crippen molar-refractivity contribution in [3.05, 3.63) is 34.4 Å². The van der Waals surface area contributed by atoms with Gasteiger partial charge in [0.25, 0.3) is 0 Å². The number of alkyl halides is 1. The Morgan fingerprint density at radius 2 is 1.74 bits per heavy atom. The zero-order valence-electron chi connectivity index (χ0n) is 12.9. The molecule has 0 heterocycles. The van der Waals surface area contributed by atoms with E-state index in [2.05, 4.69) is 45.1 Å². The number of benzene rings is 1. The zero-order valence-corrected chi connectivity index (χ0v) is 13.6. The molecule has 108 valence electrons. The van der Waals surface area contributed by atoms with Crippen molar-refractivity contribution in [2.24, 2.45) is 5.92 Å². The average molecular weight is 282 g/mol. The van der Waals surface area contributed by atoms with Gasteiger partial charge in [0.05, 0.1) is 0 Å². The molecule has 0 radical (unpaired) electrons. The highest BCUT2D eigenvalue weighted by Crippen LogP contribution is 2.17. The molecule has 0 aliphatic carbocycles. The Balaban J connectivity index is 2.52. The lowest BCUT2D eigenvalue weighted by molar-refractivity contribution is 0.430. The Bertz CT molecular complexity index is 358. The topological polar surface area (TPSA) is 12.0 Å². The highest BCUT2D eigenvalue weighted by molar-refractivity contribution is 6.17. The van der Waals surface area contributed by atoms with E-state index in [0.717, 1.165) is 25.4 Å². The van der Waals surface area contributed by atoms with Gasteiger partial charge in [-0.1, -0.05) is 31.0 Å². The van der Waals surface area contributed by atoms with Gasteiger partial charge in [-0.25, -0.2) is 0 Å². The van der Waals surface area contributed by atoms with E-state index >= 15 is 0 Å². The van der Waals surface area contributed by atoms with Crippen LogP contribution in [0.25, 0.3) is 0 Å². The Labute approximate surface area is 123 Å². The number of halogens is 1. The molecule has 0 aromatic heterocycles. The molecule has 19 heavy (non-hydrogen) atoms. The molecular formula is C17H28ClN. The number of hydrogen-bond donors (Lipinski definition) is 1. The standard InChI is InChI=1S/C17H28ClN/c1-5-6-16(7-8-18)11-19-12-17-14(3)9-13(2)10-15(17)4/h9-10,16,19H,5-8,11-12H2,1-4H3. The van der Waals surface area contributed by atoms with Crippen molar-refractivity contribution in [2.75, 3.05) is 12.4 Å². The van der Waals surface area contributed by atoms with Crippen LogP contribution in [0.1, 0.15) is 48.4 Å². The van der Waals surface area contributed by atoms with Crippen LogP contribution in [-0.2, 0) is 6.54 Å². The summed E-state index contributed by atoms with van der Waals surface area (Å²) in [7, 11) is 0. The molecule has 1 N–H and O–H groups in total. The molecule has 1 aromatic carbocycles. The van der Waals surface area contributed by atoms with Gasteiger partial charge >= 0.3 is 0 Å². The molecule has 0 bridgehead atoms. The average Bonchev–Trinajstić information content (AvgIpc) is 2.32. The van der Waals surface area contributed by atoms with E-state index in [4.69, 9.17) is 11.6 Å². The van der Waals surface area contributed by atoms with Crippen LogP contribution in [0.3, 0.4) is 0 Å². The van der Waals surface area contributed by atoms with Gasteiger partial charge in [0.2, 0.25) is 0 Å². The van der Waals surface area contributed by atoms with E-state index in [1.54, 1.807) is 0 Å². The van der Waals surface area contributed by atoms with Crippen LogP contribution in [0, 0.1) is 26.7 Å². The molecule has 1 rings (SSSR count). The first kappa shape index (κ1) is 16.5. The molecule has 0 spiro atoms. The third-order valence-corrected chi connectivity index (χ3v) is 4.01. The summed E-state index contributed by atoms with van der Waals surface area (Å²) in [5.41, 5.74) is 5.60. The number of nitrogens with one attached hydrogen (secondary N) is 1. The third-order valence-electron chi connectivity index (χ3n) is 3.79. The minimum atomic E-state index is 0.716. The molecule has 1 aromatic rings. The Morgan fingerprint density at radius 1 is 1.11 bits per heavy atom. The summed E-state index contributed by atoms with van der Waals surface area (Å²) in [5, 5.41) is 3.61. The van der Waals surface area contributed by atoms with E-state index in [9.17, 15) is 0 Å². The maximum absolute atomic E-state index is 5.87. The second-order valence-corrected chi connectivity index (χ2v) is 6.02. The van der Waals surface area contributed by atoms with Crippen molar-refractivity contribution < 1.29 is 0 Å². The molecule has 0 aliphatic rings. The van der Waals surface area contributed by atoms with Gasteiger partial charge in [0.1, 0.15) is 0 Å². The molecule has 1 nitrogen and oxygen atoms in total. The number of rotatable bonds is 8. The number of aryl methyl sites for hydroxylation is 3. The van der Waals surface area contributed by atoms with Gasteiger partial charge in [-0.3, -0.25) is 0 Å². The monoisotopic (exact) mass is 281 g/mol. The zero-order chi connectivity index (χ0) is 14.3. The van der Waals surface area contributed by atoms with Crippen LogP contribution in [-0.4, -0.2) is 12.4 Å². The van der Waals surface area contributed by atoms with Crippen LogP contribution < -0.4 is 5.32 Å². The van der Waals surface area contributed by atoms with E-state index in [-0.39, 0.29) is 0 Å². The lowest BCUT2D eigenvalue weighted by Crippen LogP contribution is -2.23. The van der Waals surface area contributed by atoms with Crippen LogP contribution in [0.2, 0.25) is 0 Å². The van der Waals surface area contributed by atoms with E-state index < -0.39 is 0 Å². The molecule has 0 saturated heterocycles. The fourth-order valence-electron chi connectivity index (χ4n) is 2.80. The van der Waals surface area contributed by atoms with Gasteiger partial charge in [-0.15, -0.1) is 11.6 Å². The summed E-state index contributed by atoms with van der Waals surface area (Å²) in [5.74, 6) is 1.49. The normalized spacial score (nSPS) is 12.7. The molecule has 0 aliphatic heterocycles. The second kappa shape index (κ2) is 8.60. The quantitative estimate of drug-likeness (QED) is 0.678. The summed E-state index contributed by atoms with van der Waals surface area (Å²) >= 11 is 5.87. The predicted molar refractivity (Wildman–Crippen MR) is 86.1 cm³/mol. The van der Waals surface area contributed by atoms with Crippen molar-refractivity contribution in [2.45, 2.75) is 53.5 Å². The summed E-state index contributed by atoms with van der Waals surface area (Å²) in [6.45, 7) is 10.9. The minimum Gasteiger partial charge on any atom is -0.312 e. The fraction of sp³-hybridized carbons (Fsp3) is 0.647. The molecule has 1 unspecified atom stereocenters. The van der Waals surface area contributed by atoms with Gasteiger partial charge in [-0.05, 0) is 62.8 Å². The molecule has 0 saturated carbocycles. The summed E-state index contributed by atoms with van der Waals surface area (Å²) in [6.07, 6.45) is 3.63. The summed E-state index contributed by atoms with van der Waals surface area (Å²) in [6, 6.07) is 4.54. The lowest BCUT2D eigenvalue weighted by atomic mass is 9.98. The van der Waals surface area contributed by atoms with Crippen LogP contribution in [0.4, 0.5) is 0 Å². The van der Waals surface area contributed by atoms with Gasteiger partial charge in [0.15, 0.2) is 0 Å². The Morgan fingerprint density at radius 3 is 2.26 bits per heavy atom. The van der Waals surface area contributed by atoms with E-state index in [1.807, 2.05) is 0 Å². The van der Waals surface area contributed by atoms with Crippen LogP contribution in [0.5, 0.6) is 0 Å². The highest BCUT2D eigenvalue weighted by Gasteiger charge is 2.08. The molecular weight excluding hydrogens is 254 g/mol. The smallest absolute Gasteiger partial charge is 0.0226 e. The second-order valence-electron chi connectivity index (χ2n) is 5.64. The SMILES string of the molecule is CCCC(CCCl)CNCc1c(C)cc(C)cc1C. The van der Waals surface area contributed by atoms with Gasteiger partial charge < -0.3 is 5.32 Å². The first-order valence-corrected chi connectivity index (χ1v) is 7.95. The predicted octanol–water partition coefficient (Wildman–Crippen LogP) is 4.75. The Hall–Kier alpha value is -0.530. The first-order valence-electron chi connectivity index (χ1n) is 7.41. The molecule has 1 atom stereocenters. The maximum Gasteiger partial charge on any atom is 0.0226 e. The van der Waals surface area contributed by atoms with Crippen LogP contribution in [0.15, 0.2) is 12.1 Å². The molecule has 0 amide bonds. The van der Waals surface area contributed by atoms with Gasteiger partial charge in [0, 0.05) is 12.4 Å². The summed E-state index contributed by atoms with van der Waals surface area (Å²) in [4.78, 5) is 0. The van der Waals surface area contributed by atoms with Gasteiger partial charge in [-0.2, -0.15) is 0 Å². The third kappa shape index (κ3) is 5.54. The Kier molecular flexibility index (Phi) is 7.48. The largest absolute Gasteiger partial charge is 0.312 e. The summed E-state index contributed by atoms with van der Waals surface area (Å²) < 4.78 is 0. The van der Waals surface area contributed by atoms with Crippen molar-refractivity contribution in [1.29, 1.82) is 0 Å². The minimum absolute atomic E-state index is 0.716. The first-order chi connectivity index (χ1) is 9.08. The van der Waals surface area contributed by atoms with Crippen molar-refractivity contribution in [3.8, 4) is 0 Å². The van der Waals surface area contributed by atoms with E-state index in [1.165, 1.54) is 35.1 Å². The van der Waals surface area contributed by atoms with Crippen molar-refractivity contribution in [3.63, 3.8) is 0 Å². The maximum atomic E-state index is 5.87. The lowest BCUT2D eigenvalue weighted by Gasteiger charge is -2.17. The number of hydrogen-bond acceptors (Lipinski definition) is 1. The van der Waals surface area contributed by atoms with Crippen molar-refractivity contribution >= 4 is 11.6 Å². The highest BCUT2D eigenvalue weighted by atomic mass is 35.5. The molecule has 2 heteroatoms. The van der Waals surface area contributed by atoms with E-state index in [0.29, 0.717) is 5.92 Å². The molecule has 0 fully saturated rings. The van der Waals surface area contributed by atoms with Crippen LogP contribution >= 0.6 is 11.6 Å².